The third kappa shape index (κ3) is 2.12. The molecule has 0 bridgehead atoms. The van der Waals surface area contributed by atoms with Gasteiger partial charge in [0.1, 0.15) is 0 Å². The average Bonchev–Trinajstić information content (AvgIpc) is 2.23. The summed E-state index contributed by atoms with van der Waals surface area (Å²) in [5.41, 5.74) is 1.18. The zero-order chi connectivity index (χ0) is 10.8. The van der Waals surface area contributed by atoms with E-state index in [2.05, 4.69) is 10.3 Å². The Kier molecular flexibility index (Phi) is 3.19. The van der Waals surface area contributed by atoms with Crippen LogP contribution in [0.25, 0.3) is 5.57 Å². The van der Waals surface area contributed by atoms with Gasteiger partial charge in [0.2, 0.25) is 0 Å². The number of halogens is 3. The summed E-state index contributed by atoms with van der Waals surface area (Å²) in [6.45, 7) is 0. The number of aliphatic imine (C=N–C) groups is 1. The Morgan fingerprint density at radius 2 is 2.07 bits per heavy atom. The molecule has 1 unspecified atom stereocenters. The van der Waals surface area contributed by atoms with Gasteiger partial charge in [-0.2, -0.15) is 0 Å². The SMILES string of the molecule is Clc1cccc(C2=CNC=NC2Cl)c1Cl. The monoisotopic (exact) mass is 260 g/mol. The maximum Gasteiger partial charge on any atom is 0.152 e. The lowest BCUT2D eigenvalue weighted by Crippen LogP contribution is -2.14. The highest BCUT2D eigenvalue weighted by Gasteiger charge is 2.17. The van der Waals surface area contributed by atoms with E-state index in [1.807, 2.05) is 12.1 Å². The Morgan fingerprint density at radius 1 is 1.27 bits per heavy atom. The zero-order valence-corrected chi connectivity index (χ0v) is 9.81. The van der Waals surface area contributed by atoms with Crippen LogP contribution in [0.15, 0.2) is 29.4 Å². The van der Waals surface area contributed by atoms with E-state index >= 15 is 0 Å². The van der Waals surface area contributed by atoms with Gasteiger partial charge < -0.3 is 5.32 Å². The minimum atomic E-state index is -0.429. The highest BCUT2D eigenvalue weighted by atomic mass is 35.5. The van der Waals surface area contributed by atoms with E-state index in [0.717, 1.165) is 11.1 Å². The first-order valence-corrected chi connectivity index (χ1v) is 5.45. The molecule has 0 saturated heterocycles. The number of hydrogen-bond donors (Lipinski definition) is 1. The number of alkyl halides is 1. The highest BCUT2D eigenvalue weighted by Crippen LogP contribution is 2.34. The highest BCUT2D eigenvalue weighted by molar-refractivity contribution is 6.43. The molecule has 1 N–H and O–H groups in total. The van der Waals surface area contributed by atoms with Crippen LogP contribution in [0, 0.1) is 0 Å². The fraction of sp³-hybridized carbons (Fsp3) is 0.100. The Labute approximate surface area is 103 Å². The molecule has 2 rings (SSSR count). The van der Waals surface area contributed by atoms with Gasteiger partial charge in [-0.3, -0.25) is 4.99 Å². The van der Waals surface area contributed by atoms with Crippen molar-refractivity contribution in [2.45, 2.75) is 5.50 Å². The molecule has 2 nitrogen and oxygen atoms in total. The Hall–Kier alpha value is -0.700. The number of benzene rings is 1. The van der Waals surface area contributed by atoms with Crippen molar-refractivity contribution in [3.05, 3.63) is 40.0 Å². The lowest BCUT2D eigenvalue weighted by atomic mass is 10.1. The third-order valence-electron chi connectivity index (χ3n) is 2.04. The summed E-state index contributed by atoms with van der Waals surface area (Å²) in [4.78, 5) is 4.02. The molecule has 0 spiro atoms. The summed E-state index contributed by atoms with van der Waals surface area (Å²) in [6, 6.07) is 5.42. The first kappa shape index (κ1) is 10.8. The molecule has 1 aromatic carbocycles. The van der Waals surface area contributed by atoms with Crippen molar-refractivity contribution in [2.75, 3.05) is 0 Å². The summed E-state index contributed by atoms with van der Waals surface area (Å²) >= 11 is 18.0. The Morgan fingerprint density at radius 3 is 2.80 bits per heavy atom. The summed E-state index contributed by atoms with van der Waals surface area (Å²) in [5.74, 6) is 0. The van der Waals surface area contributed by atoms with E-state index in [1.165, 1.54) is 0 Å². The molecular formula is C10H7Cl3N2. The number of hydrogen-bond acceptors (Lipinski definition) is 2. The van der Waals surface area contributed by atoms with E-state index in [0.29, 0.717) is 10.0 Å². The molecular weight excluding hydrogens is 254 g/mol. The van der Waals surface area contributed by atoms with Gasteiger partial charge in [0.15, 0.2) is 5.50 Å². The standard InChI is InChI=1S/C10H7Cl3N2/c11-8-3-1-2-6(9(8)12)7-4-14-5-15-10(7)13/h1-5,10H,(H,14,15). The summed E-state index contributed by atoms with van der Waals surface area (Å²) < 4.78 is 0. The van der Waals surface area contributed by atoms with Gasteiger partial charge in [-0.25, -0.2) is 0 Å². The molecule has 0 aliphatic carbocycles. The molecule has 1 atom stereocenters. The van der Waals surface area contributed by atoms with Crippen LogP contribution in [-0.4, -0.2) is 11.8 Å². The van der Waals surface area contributed by atoms with Crippen LogP contribution in [0.4, 0.5) is 0 Å². The van der Waals surface area contributed by atoms with Crippen LogP contribution in [-0.2, 0) is 0 Å². The first-order valence-electron chi connectivity index (χ1n) is 4.26. The predicted octanol–water partition coefficient (Wildman–Crippen LogP) is 3.53. The van der Waals surface area contributed by atoms with E-state index < -0.39 is 5.50 Å². The third-order valence-corrected chi connectivity index (χ3v) is 3.20. The van der Waals surface area contributed by atoms with Gasteiger partial charge in [-0.05, 0) is 6.07 Å². The summed E-state index contributed by atoms with van der Waals surface area (Å²) in [5, 5.41) is 3.87. The largest absolute Gasteiger partial charge is 0.353 e. The van der Waals surface area contributed by atoms with Crippen LogP contribution in [0.5, 0.6) is 0 Å². The molecule has 0 amide bonds. The number of nitrogens with zero attached hydrogens (tertiary/aromatic N) is 1. The van der Waals surface area contributed by atoms with Crippen LogP contribution >= 0.6 is 34.8 Å². The molecule has 1 aliphatic heterocycles. The Balaban J connectivity index is 2.46. The van der Waals surface area contributed by atoms with Gasteiger partial charge in [0, 0.05) is 17.3 Å². The second-order valence-corrected chi connectivity index (χ2v) is 4.18. The van der Waals surface area contributed by atoms with E-state index in [4.69, 9.17) is 34.8 Å². The lowest BCUT2D eigenvalue weighted by molar-refractivity contribution is 1.09. The van der Waals surface area contributed by atoms with Crippen molar-refractivity contribution >= 4 is 46.7 Å². The van der Waals surface area contributed by atoms with Crippen molar-refractivity contribution < 1.29 is 0 Å². The second-order valence-electron chi connectivity index (χ2n) is 2.98. The smallest absolute Gasteiger partial charge is 0.152 e. The van der Waals surface area contributed by atoms with Crippen molar-refractivity contribution in [2.24, 2.45) is 4.99 Å². The summed E-state index contributed by atoms with van der Waals surface area (Å²) in [6.07, 6.45) is 3.31. The van der Waals surface area contributed by atoms with Gasteiger partial charge in [-0.15, -0.1) is 0 Å². The normalized spacial score (nSPS) is 19.7. The van der Waals surface area contributed by atoms with E-state index in [9.17, 15) is 0 Å². The van der Waals surface area contributed by atoms with E-state index in [-0.39, 0.29) is 0 Å². The fourth-order valence-electron chi connectivity index (χ4n) is 1.32. The van der Waals surface area contributed by atoms with Crippen LogP contribution in [0.3, 0.4) is 0 Å². The van der Waals surface area contributed by atoms with Gasteiger partial charge in [0.25, 0.3) is 0 Å². The lowest BCUT2D eigenvalue weighted by Gasteiger charge is -2.16. The van der Waals surface area contributed by atoms with Crippen molar-refractivity contribution in [3.8, 4) is 0 Å². The number of nitrogens with one attached hydrogen (secondary N) is 1. The van der Waals surface area contributed by atoms with Gasteiger partial charge in [-0.1, -0.05) is 46.9 Å². The average molecular weight is 262 g/mol. The maximum atomic E-state index is 6.08. The van der Waals surface area contributed by atoms with Crippen molar-refractivity contribution in [1.82, 2.24) is 5.32 Å². The molecule has 1 aromatic rings. The quantitative estimate of drug-likeness (QED) is 0.607. The van der Waals surface area contributed by atoms with Crippen molar-refractivity contribution in [3.63, 3.8) is 0 Å². The van der Waals surface area contributed by atoms with Crippen molar-refractivity contribution in [1.29, 1.82) is 0 Å². The molecule has 0 aromatic heterocycles. The van der Waals surface area contributed by atoms with E-state index in [1.54, 1.807) is 18.6 Å². The molecule has 1 aliphatic rings. The van der Waals surface area contributed by atoms with Gasteiger partial charge in [0.05, 0.1) is 16.4 Å². The minimum absolute atomic E-state index is 0.429. The minimum Gasteiger partial charge on any atom is -0.353 e. The molecule has 0 fully saturated rings. The number of rotatable bonds is 1. The predicted molar refractivity (Wildman–Crippen MR) is 65.7 cm³/mol. The Bertz CT molecular complexity index is 440. The molecule has 0 saturated carbocycles. The molecule has 5 heteroatoms. The first-order chi connectivity index (χ1) is 7.20. The molecule has 78 valence electrons. The molecule has 1 heterocycles. The fourth-order valence-corrected chi connectivity index (χ4v) is 1.96. The van der Waals surface area contributed by atoms with Crippen LogP contribution < -0.4 is 5.32 Å². The molecule has 0 radical (unpaired) electrons. The molecule has 15 heavy (non-hydrogen) atoms. The zero-order valence-electron chi connectivity index (χ0n) is 7.55. The second kappa shape index (κ2) is 4.44. The topological polar surface area (TPSA) is 24.4 Å². The summed E-state index contributed by atoms with van der Waals surface area (Å²) in [7, 11) is 0. The van der Waals surface area contributed by atoms with Crippen LogP contribution in [0.1, 0.15) is 5.56 Å². The maximum absolute atomic E-state index is 6.08. The van der Waals surface area contributed by atoms with Gasteiger partial charge >= 0.3 is 0 Å². The van der Waals surface area contributed by atoms with Crippen LogP contribution in [0.2, 0.25) is 10.0 Å².